The van der Waals surface area contributed by atoms with Crippen molar-refractivity contribution in [3.05, 3.63) is 59.9 Å². The number of anilines is 1. The minimum Gasteiger partial charge on any atom is -0.352 e. The van der Waals surface area contributed by atoms with Gasteiger partial charge < -0.3 is 14.8 Å². The maximum absolute atomic E-state index is 13.1. The van der Waals surface area contributed by atoms with Crippen LogP contribution >= 0.6 is 0 Å². The second-order valence-electron chi connectivity index (χ2n) is 8.04. The van der Waals surface area contributed by atoms with E-state index in [4.69, 9.17) is 4.98 Å². The van der Waals surface area contributed by atoms with Crippen LogP contribution in [0.1, 0.15) is 38.2 Å². The van der Waals surface area contributed by atoms with Gasteiger partial charge in [-0.1, -0.05) is 37.6 Å². The molecule has 1 amide bonds. The van der Waals surface area contributed by atoms with Gasteiger partial charge in [0.25, 0.3) is 0 Å². The number of rotatable bonds is 7. The second kappa shape index (κ2) is 9.28. The predicted octanol–water partition coefficient (Wildman–Crippen LogP) is 4.51. The summed E-state index contributed by atoms with van der Waals surface area (Å²) in [6.07, 6.45) is 4.07. The summed E-state index contributed by atoms with van der Waals surface area (Å²) in [5.74, 6) is 0.693. The van der Waals surface area contributed by atoms with Gasteiger partial charge in [-0.15, -0.1) is 0 Å². The number of fused-ring (bicyclic) bond motifs is 1. The Morgan fingerprint density at radius 1 is 1.20 bits per heavy atom. The minimum absolute atomic E-state index is 0.0558. The molecule has 1 aliphatic rings. The summed E-state index contributed by atoms with van der Waals surface area (Å²) in [4.78, 5) is 20.0. The summed E-state index contributed by atoms with van der Waals surface area (Å²) in [7, 11) is 0. The number of halogens is 1. The Kier molecular flexibility index (Phi) is 6.31. The number of hydrogen-bond donors (Lipinski definition) is 1. The lowest BCUT2D eigenvalue weighted by atomic mass is 9.97. The maximum Gasteiger partial charge on any atom is 0.225 e. The van der Waals surface area contributed by atoms with Crippen LogP contribution in [0.25, 0.3) is 11.0 Å². The zero-order valence-corrected chi connectivity index (χ0v) is 17.5. The van der Waals surface area contributed by atoms with Gasteiger partial charge >= 0.3 is 0 Å². The number of para-hydroxylation sites is 2. The van der Waals surface area contributed by atoms with Crippen molar-refractivity contribution in [3.8, 4) is 0 Å². The summed E-state index contributed by atoms with van der Waals surface area (Å²) >= 11 is 0. The number of nitrogens with one attached hydrogen (secondary N) is 1. The number of carbonyl (C=O) groups is 1. The van der Waals surface area contributed by atoms with Gasteiger partial charge in [-0.2, -0.15) is 0 Å². The molecule has 2 heterocycles. The standard InChI is InChI=1S/C24H29FN4O/c1-2-3-15-29-22-9-5-4-8-21(22)27-24(29)28-14-6-7-19(17-28)23(30)26-16-18-10-12-20(25)13-11-18/h4-5,8-13,19H,2-3,6-7,14-17H2,1H3,(H,26,30)/t19-/m1/s1. The summed E-state index contributed by atoms with van der Waals surface area (Å²) in [6, 6.07) is 14.5. The van der Waals surface area contributed by atoms with Crippen LogP contribution in [-0.4, -0.2) is 28.5 Å². The van der Waals surface area contributed by atoms with Crippen molar-refractivity contribution >= 4 is 22.9 Å². The number of carbonyl (C=O) groups excluding carboxylic acids is 1. The maximum atomic E-state index is 13.1. The third-order valence-electron chi connectivity index (χ3n) is 5.82. The first kappa shape index (κ1) is 20.4. The quantitative estimate of drug-likeness (QED) is 0.626. The van der Waals surface area contributed by atoms with Crippen molar-refractivity contribution in [2.24, 2.45) is 5.92 Å². The highest BCUT2D eigenvalue weighted by atomic mass is 19.1. The van der Waals surface area contributed by atoms with Crippen LogP contribution in [0.5, 0.6) is 0 Å². The first-order chi connectivity index (χ1) is 14.7. The van der Waals surface area contributed by atoms with Crippen LogP contribution in [0, 0.1) is 11.7 Å². The van der Waals surface area contributed by atoms with Crippen LogP contribution in [0.2, 0.25) is 0 Å². The van der Waals surface area contributed by atoms with Gasteiger partial charge in [0.05, 0.1) is 17.0 Å². The first-order valence-electron chi connectivity index (χ1n) is 10.9. The van der Waals surface area contributed by atoms with Crippen LogP contribution < -0.4 is 10.2 Å². The zero-order valence-electron chi connectivity index (χ0n) is 17.5. The lowest BCUT2D eigenvalue weighted by Gasteiger charge is -2.33. The molecule has 1 aliphatic heterocycles. The number of nitrogens with zero attached hydrogens (tertiary/aromatic N) is 3. The molecule has 0 radical (unpaired) electrons. The molecule has 0 spiro atoms. The summed E-state index contributed by atoms with van der Waals surface area (Å²) in [5.41, 5.74) is 3.06. The Balaban J connectivity index is 1.47. The molecule has 1 fully saturated rings. The first-order valence-corrected chi connectivity index (χ1v) is 10.9. The molecule has 0 bridgehead atoms. The Labute approximate surface area is 176 Å². The van der Waals surface area contributed by atoms with E-state index >= 15 is 0 Å². The Hall–Kier alpha value is -2.89. The fourth-order valence-corrected chi connectivity index (χ4v) is 4.15. The van der Waals surface area contributed by atoms with Gasteiger partial charge in [0.15, 0.2) is 0 Å². The Morgan fingerprint density at radius 2 is 2.00 bits per heavy atom. The van der Waals surface area contributed by atoms with Crippen molar-refractivity contribution in [2.45, 2.75) is 45.7 Å². The van der Waals surface area contributed by atoms with E-state index in [0.29, 0.717) is 13.1 Å². The SMILES string of the molecule is CCCCn1c(N2CCC[C@@H](C(=O)NCc3ccc(F)cc3)C2)nc2ccccc21. The van der Waals surface area contributed by atoms with E-state index in [1.165, 1.54) is 12.1 Å². The molecule has 5 nitrogen and oxygen atoms in total. The molecule has 3 aromatic rings. The average molecular weight is 409 g/mol. The topological polar surface area (TPSA) is 50.2 Å². The van der Waals surface area contributed by atoms with Crippen LogP contribution in [-0.2, 0) is 17.9 Å². The average Bonchev–Trinajstić information content (AvgIpc) is 3.16. The summed E-state index contributed by atoms with van der Waals surface area (Å²) < 4.78 is 15.4. The van der Waals surface area contributed by atoms with E-state index in [1.54, 1.807) is 12.1 Å². The normalized spacial score (nSPS) is 16.7. The molecule has 2 aromatic carbocycles. The number of aromatic nitrogens is 2. The van der Waals surface area contributed by atoms with E-state index in [2.05, 4.69) is 39.9 Å². The number of benzene rings is 2. The smallest absolute Gasteiger partial charge is 0.225 e. The molecule has 1 aromatic heterocycles. The second-order valence-corrected chi connectivity index (χ2v) is 8.04. The molecule has 1 atom stereocenters. The molecule has 30 heavy (non-hydrogen) atoms. The van der Waals surface area contributed by atoms with Crippen molar-refractivity contribution in [2.75, 3.05) is 18.0 Å². The molecule has 4 rings (SSSR count). The fraction of sp³-hybridized carbons (Fsp3) is 0.417. The molecule has 1 saturated heterocycles. The number of amides is 1. The monoisotopic (exact) mass is 408 g/mol. The molecule has 158 valence electrons. The molecular weight excluding hydrogens is 379 g/mol. The van der Waals surface area contributed by atoms with Crippen molar-refractivity contribution in [3.63, 3.8) is 0 Å². The van der Waals surface area contributed by atoms with E-state index in [1.807, 2.05) is 6.07 Å². The van der Waals surface area contributed by atoms with Crippen molar-refractivity contribution in [1.29, 1.82) is 0 Å². The molecule has 6 heteroatoms. The van der Waals surface area contributed by atoms with E-state index in [-0.39, 0.29) is 17.6 Å². The highest BCUT2D eigenvalue weighted by Crippen LogP contribution is 2.27. The van der Waals surface area contributed by atoms with Gasteiger partial charge in [0.1, 0.15) is 5.82 Å². The van der Waals surface area contributed by atoms with Gasteiger partial charge in [-0.3, -0.25) is 4.79 Å². The number of aryl methyl sites for hydroxylation is 1. The summed E-state index contributed by atoms with van der Waals surface area (Å²) in [6.45, 7) is 5.14. The third kappa shape index (κ3) is 4.48. The highest BCUT2D eigenvalue weighted by Gasteiger charge is 2.28. The van der Waals surface area contributed by atoms with Crippen molar-refractivity contribution < 1.29 is 9.18 Å². The van der Waals surface area contributed by atoms with Crippen LogP contribution in [0.4, 0.5) is 10.3 Å². The largest absolute Gasteiger partial charge is 0.352 e. The molecule has 0 aliphatic carbocycles. The predicted molar refractivity (Wildman–Crippen MR) is 118 cm³/mol. The minimum atomic E-state index is -0.265. The number of piperidine rings is 1. The number of unbranched alkanes of at least 4 members (excludes halogenated alkanes) is 1. The van der Waals surface area contributed by atoms with Gasteiger partial charge in [-0.05, 0) is 49.1 Å². The highest BCUT2D eigenvalue weighted by molar-refractivity contribution is 5.81. The summed E-state index contributed by atoms with van der Waals surface area (Å²) in [5, 5.41) is 3.02. The third-order valence-corrected chi connectivity index (χ3v) is 5.82. The Bertz CT molecular complexity index is 998. The fourth-order valence-electron chi connectivity index (χ4n) is 4.15. The van der Waals surface area contributed by atoms with E-state index in [9.17, 15) is 9.18 Å². The van der Waals surface area contributed by atoms with E-state index < -0.39 is 0 Å². The molecule has 0 saturated carbocycles. The van der Waals surface area contributed by atoms with Crippen LogP contribution in [0.3, 0.4) is 0 Å². The molecule has 0 unspecified atom stereocenters. The van der Waals surface area contributed by atoms with Crippen LogP contribution in [0.15, 0.2) is 48.5 Å². The molecule has 1 N–H and O–H groups in total. The lowest BCUT2D eigenvalue weighted by molar-refractivity contribution is -0.125. The molecular formula is C24H29FN4O. The van der Waals surface area contributed by atoms with E-state index in [0.717, 1.165) is 61.3 Å². The Morgan fingerprint density at radius 3 is 2.80 bits per heavy atom. The number of hydrogen-bond acceptors (Lipinski definition) is 3. The zero-order chi connectivity index (χ0) is 20.9. The number of imidazole rings is 1. The van der Waals surface area contributed by atoms with Gasteiger partial charge in [0.2, 0.25) is 11.9 Å². The van der Waals surface area contributed by atoms with Gasteiger partial charge in [-0.25, -0.2) is 9.37 Å². The lowest BCUT2D eigenvalue weighted by Crippen LogP contribution is -2.43. The van der Waals surface area contributed by atoms with Gasteiger partial charge in [0, 0.05) is 26.2 Å². The van der Waals surface area contributed by atoms with Crippen molar-refractivity contribution in [1.82, 2.24) is 14.9 Å².